The molecule has 1 aliphatic carbocycles. The second kappa shape index (κ2) is 7.55. The van der Waals surface area contributed by atoms with Crippen LogP contribution in [0.1, 0.15) is 13.3 Å². The van der Waals surface area contributed by atoms with Crippen molar-refractivity contribution >= 4 is 23.9 Å². The number of carbonyl (C=O) groups is 3. The first-order valence-electron chi connectivity index (χ1n) is 8.64. The van der Waals surface area contributed by atoms with Gasteiger partial charge in [0.25, 0.3) is 0 Å². The lowest BCUT2D eigenvalue weighted by Gasteiger charge is -2.32. The van der Waals surface area contributed by atoms with Crippen LogP contribution in [0.3, 0.4) is 0 Å². The van der Waals surface area contributed by atoms with Gasteiger partial charge < -0.3 is 19.9 Å². The fourth-order valence-corrected chi connectivity index (χ4v) is 3.08. The van der Waals surface area contributed by atoms with Crippen molar-refractivity contribution in [3.63, 3.8) is 0 Å². The second-order valence-electron chi connectivity index (χ2n) is 6.36. The summed E-state index contributed by atoms with van der Waals surface area (Å²) in [5.41, 5.74) is 0.700. The number of rotatable bonds is 6. The second-order valence-corrected chi connectivity index (χ2v) is 6.36. The monoisotopic (exact) mass is 345 g/mol. The normalized spacial score (nSPS) is 22.3. The standard InChI is InChI=1S/C18H23N3O4/c1-2-25-14-5-3-13(4-6-14)19-17(23)15-11-16(15)18(24)21-9-7-20(12-22)8-10-21/h3-6,12,15-16H,2,7-11H2,1H3,(H,19,23). The van der Waals surface area contributed by atoms with E-state index in [1.54, 1.807) is 34.1 Å². The van der Waals surface area contributed by atoms with Gasteiger partial charge >= 0.3 is 0 Å². The van der Waals surface area contributed by atoms with E-state index in [0.717, 1.165) is 12.2 Å². The minimum atomic E-state index is -0.261. The molecule has 1 aromatic carbocycles. The summed E-state index contributed by atoms with van der Waals surface area (Å²) in [6.07, 6.45) is 1.40. The zero-order valence-electron chi connectivity index (χ0n) is 14.3. The van der Waals surface area contributed by atoms with Crippen molar-refractivity contribution in [1.29, 1.82) is 0 Å². The molecule has 1 heterocycles. The number of hydrogen-bond acceptors (Lipinski definition) is 4. The van der Waals surface area contributed by atoms with Crippen molar-refractivity contribution in [3.8, 4) is 5.75 Å². The molecule has 1 aliphatic heterocycles. The minimum Gasteiger partial charge on any atom is -0.494 e. The molecule has 25 heavy (non-hydrogen) atoms. The minimum absolute atomic E-state index is 0.0254. The summed E-state index contributed by atoms with van der Waals surface area (Å²) in [7, 11) is 0. The topological polar surface area (TPSA) is 79.0 Å². The van der Waals surface area contributed by atoms with Gasteiger partial charge in [0.15, 0.2) is 0 Å². The molecule has 0 bridgehead atoms. The number of hydrogen-bond donors (Lipinski definition) is 1. The summed E-state index contributed by atoms with van der Waals surface area (Å²) in [6, 6.07) is 7.20. The molecular formula is C18H23N3O4. The molecule has 1 saturated heterocycles. The van der Waals surface area contributed by atoms with E-state index in [-0.39, 0.29) is 23.7 Å². The van der Waals surface area contributed by atoms with Crippen LogP contribution in [0.4, 0.5) is 5.69 Å². The Bertz CT molecular complexity index is 638. The summed E-state index contributed by atoms with van der Waals surface area (Å²) >= 11 is 0. The molecule has 1 aromatic rings. The zero-order chi connectivity index (χ0) is 17.8. The number of amides is 3. The molecule has 7 heteroatoms. The first-order chi connectivity index (χ1) is 12.1. The Hall–Kier alpha value is -2.57. The largest absolute Gasteiger partial charge is 0.494 e. The van der Waals surface area contributed by atoms with E-state index in [1.165, 1.54) is 0 Å². The predicted molar refractivity (Wildman–Crippen MR) is 92.1 cm³/mol. The number of anilines is 1. The molecule has 2 atom stereocenters. The zero-order valence-corrected chi connectivity index (χ0v) is 14.3. The molecule has 2 aliphatic rings. The SMILES string of the molecule is CCOc1ccc(NC(=O)C2CC2C(=O)N2CCN(C=O)CC2)cc1. The molecule has 3 rings (SSSR count). The highest BCUT2D eigenvalue weighted by molar-refractivity contribution is 5.99. The summed E-state index contributed by atoms with van der Waals surface area (Å²) in [4.78, 5) is 38.9. The van der Waals surface area contributed by atoms with Crippen LogP contribution in [-0.2, 0) is 14.4 Å². The molecule has 7 nitrogen and oxygen atoms in total. The van der Waals surface area contributed by atoms with Gasteiger partial charge in [0, 0.05) is 31.9 Å². The molecule has 2 unspecified atom stereocenters. The third kappa shape index (κ3) is 4.10. The summed E-state index contributed by atoms with van der Waals surface area (Å²) < 4.78 is 5.37. The Balaban J connectivity index is 1.48. The highest BCUT2D eigenvalue weighted by Gasteiger charge is 2.49. The van der Waals surface area contributed by atoms with Gasteiger partial charge in [0.2, 0.25) is 18.2 Å². The lowest BCUT2D eigenvalue weighted by atomic mass is 10.2. The van der Waals surface area contributed by atoms with Gasteiger partial charge in [-0.25, -0.2) is 0 Å². The highest BCUT2D eigenvalue weighted by atomic mass is 16.5. The van der Waals surface area contributed by atoms with E-state index >= 15 is 0 Å². The molecule has 134 valence electrons. The Labute approximate surface area is 146 Å². The van der Waals surface area contributed by atoms with Crippen LogP contribution in [0.5, 0.6) is 5.75 Å². The van der Waals surface area contributed by atoms with Crippen LogP contribution in [0.15, 0.2) is 24.3 Å². The number of nitrogens with one attached hydrogen (secondary N) is 1. The van der Waals surface area contributed by atoms with Crippen molar-refractivity contribution in [2.45, 2.75) is 13.3 Å². The Morgan fingerprint density at radius 2 is 1.84 bits per heavy atom. The van der Waals surface area contributed by atoms with Crippen LogP contribution < -0.4 is 10.1 Å². The van der Waals surface area contributed by atoms with Crippen LogP contribution >= 0.6 is 0 Å². The molecule has 2 fully saturated rings. The van der Waals surface area contributed by atoms with Crippen molar-refractivity contribution in [2.24, 2.45) is 11.8 Å². The first-order valence-corrected chi connectivity index (χ1v) is 8.64. The lowest BCUT2D eigenvalue weighted by molar-refractivity contribution is -0.137. The Morgan fingerprint density at radius 1 is 1.16 bits per heavy atom. The Morgan fingerprint density at radius 3 is 2.44 bits per heavy atom. The van der Waals surface area contributed by atoms with Crippen molar-refractivity contribution < 1.29 is 19.1 Å². The predicted octanol–water partition coefficient (Wildman–Crippen LogP) is 0.960. The van der Waals surface area contributed by atoms with E-state index in [1.807, 2.05) is 6.92 Å². The van der Waals surface area contributed by atoms with E-state index in [9.17, 15) is 14.4 Å². The maximum atomic E-state index is 12.5. The third-order valence-electron chi connectivity index (χ3n) is 4.65. The molecule has 1 saturated carbocycles. The summed E-state index contributed by atoms with van der Waals surface area (Å²) in [5, 5.41) is 2.86. The van der Waals surface area contributed by atoms with Crippen LogP contribution in [-0.4, -0.2) is 60.8 Å². The van der Waals surface area contributed by atoms with Gasteiger partial charge in [-0.3, -0.25) is 14.4 Å². The molecule has 0 spiro atoms. The fourth-order valence-electron chi connectivity index (χ4n) is 3.08. The van der Waals surface area contributed by atoms with Crippen LogP contribution in [0.25, 0.3) is 0 Å². The van der Waals surface area contributed by atoms with E-state index in [2.05, 4.69) is 5.32 Å². The highest BCUT2D eigenvalue weighted by Crippen LogP contribution is 2.41. The summed E-state index contributed by atoms with van der Waals surface area (Å²) in [5.74, 6) is 0.175. The van der Waals surface area contributed by atoms with Gasteiger partial charge in [-0.15, -0.1) is 0 Å². The van der Waals surface area contributed by atoms with Gasteiger partial charge in [0.05, 0.1) is 18.4 Å². The number of piperazine rings is 1. The van der Waals surface area contributed by atoms with E-state index in [0.29, 0.717) is 44.9 Å². The van der Waals surface area contributed by atoms with Gasteiger partial charge in [0.1, 0.15) is 5.75 Å². The number of benzene rings is 1. The molecular weight excluding hydrogens is 322 g/mol. The summed E-state index contributed by atoms with van der Waals surface area (Å²) in [6.45, 7) is 4.72. The first kappa shape index (κ1) is 17.3. The van der Waals surface area contributed by atoms with E-state index < -0.39 is 0 Å². The molecule has 1 N–H and O–H groups in total. The van der Waals surface area contributed by atoms with Gasteiger partial charge in [-0.2, -0.15) is 0 Å². The maximum Gasteiger partial charge on any atom is 0.228 e. The van der Waals surface area contributed by atoms with Crippen LogP contribution in [0.2, 0.25) is 0 Å². The lowest BCUT2D eigenvalue weighted by Crippen LogP contribution is -2.48. The molecule has 0 aromatic heterocycles. The Kier molecular flexibility index (Phi) is 5.21. The number of ether oxygens (including phenoxy) is 1. The maximum absolute atomic E-state index is 12.5. The smallest absolute Gasteiger partial charge is 0.228 e. The average Bonchev–Trinajstić information content (AvgIpc) is 3.44. The average molecular weight is 345 g/mol. The van der Waals surface area contributed by atoms with Gasteiger partial charge in [-0.1, -0.05) is 0 Å². The quantitative estimate of drug-likeness (QED) is 0.779. The van der Waals surface area contributed by atoms with Crippen molar-refractivity contribution in [1.82, 2.24) is 9.80 Å². The number of carbonyl (C=O) groups excluding carboxylic acids is 3. The van der Waals surface area contributed by atoms with Crippen molar-refractivity contribution in [2.75, 3.05) is 38.1 Å². The van der Waals surface area contributed by atoms with Gasteiger partial charge in [-0.05, 0) is 37.6 Å². The molecule has 3 amide bonds. The number of nitrogens with zero attached hydrogens (tertiary/aromatic N) is 2. The fraction of sp³-hybridized carbons (Fsp3) is 0.500. The van der Waals surface area contributed by atoms with Crippen molar-refractivity contribution in [3.05, 3.63) is 24.3 Å². The molecule has 0 radical (unpaired) electrons. The third-order valence-corrected chi connectivity index (χ3v) is 4.65. The van der Waals surface area contributed by atoms with E-state index in [4.69, 9.17) is 4.74 Å². The van der Waals surface area contributed by atoms with Crippen LogP contribution in [0, 0.1) is 11.8 Å².